The summed E-state index contributed by atoms with van der Waals surface area (Å²) in [6.45, 7) is 9.73. The minimum absolute atomic E-state index is 0.143. The van der Waals surface area contributed by atoms with Gasteiger partial charge < -0.3 is 9.80 Å². The molecule has 3 aliphatic heterocycles. The summed E-state index contributed by atoms with van der Waals surface area (Å²) in [5.74, 6) is 0.682. The average molecular weight is 374 g/mol. The Hall–Kier alpha value is -1.89. The van der Waals surface area contributed by atoms with Gasteiger partial charge in [0.15, 0.2) is 0 Å². The fourth-order valence-electron chi connectivity index (χ4n) is 5.03. The van der Waals surface area contributed by atoms with Crippen molar-refractivity contribution in [1.29, 1.82) is 0 Å². The molecule has 2 atom stereocenters. The largest absolute Gasteiger partial charge is 0.342 e. The lowest BCUT2D eigenvalue weighted by Gasteiger charge is -2.33. The molecule has 4 rings (SSSR count). The van der Waals surface area contributed by atoms with Crippen LogP contribution in [-0.2, 0) is 16.1 Å². The second kappa shape index (κ2) is 7.26. The summed E-state index contributed by atoms with van der Waals surface area (Å²) >= 11 is 0. The highest BCUT2D eigenvalue weighted by molar-refractivity contribution is 5.87. The molecule has 27 heavy (non-hydrogen) atoms. The van der Waals surface area contributed by atoms with Crippen LogP contribution in [0.25, 0.3) is 0 Å². The number of carbonyl (C=O) groups is 2. The zero-order valence-corrected chi connectivity index (χ0v) is 16.5. The molecule has 3 fully saturated rings. The lowest BCUT2D eigenvalue weighted by atomic mass is 9.79. The van der Waals surface area contributed by atoms with E-state index >= 15 is 0 Å². The molecule has 7 nitrogen and oxygen atoms in total. The SMILES string of the molecule is CC(C)N1C[C@H]2CN(C(=O)CCn3cccn3)C[C@@]2(C(=O)N2CCCC2)C1. The van der Waals surface area contributed by atoms with E-state index in [2.05, 4.69) is 28.7 Å². The van der Waals surface area contributed by atoms with Crippen LogP contribution in [-0.4, -0.2) is 81.6 Å². The number of aryl methyl sites for hydroxylation is 1. The molecule has 148 valence electrons. The Bertz CT molecular complexity index is 683. The molecular formula is C20H31N5O2. The molecule has 1 aromatic heterocycles. The quantitative estimate of drug-likeness (QED) is 0.774. The van der Waals surface area contributed by atoms with Gasteiger partial charge in [-0.25, -0.2) is 0 Å². The van der Waals surface area contributed by atoms with Crippen molar-refractivity contribution in [3.8, 4) is 0 Å². The van der Waals surface area contributed by atoms with E-state index in [1.807, 2.05) is 17.2 Å². The number of likely N-dealkylation sites (tertiary alicyclic amines) is 3. The van der Waals surface area contributed by atoms with Gasteiger partial charge in [0.1, 0.15) is 0 Å². The van der Waals surface area contributed by atoms with Gasteiger partial charge in [-0.3, -0.25) is 19.2 Å². The predicted octanol–water partition coefficient (Wildman–Crippen LogP) is 1.06. The Morgan fingerprint density at radius 1 is 1.15 bits per heavy atom. The maximum absolute atomic E-state index is 13.5. The van der Waals surface area contributed by atoms with Gasteiger partial charge in [-0.15, -0.1) is 0 Å². The third-order valence-electron chi connectivity index (χ3n) is 6.65. The minimum Gasteiger partial charge on any atom is -0.342 e. The number of fused-ring (bicyclic) bond motifs is 1. The van der Waals surface area contributed by atoms with Crippen LogP contribution in [0.3, 0.4) is 0 Å². The van der Waals surface area contributed by atoms with E-state index in [9.17, 15) is 9.59 Å². The molecule has 0 bridgehead atoms. The van der Waals surface area contributed by atoms with Crippen LogP contribution in [0.4, 0.5) is 0 Å². The number of hydrogen-bond donors (Lipinski definition) is 0. The first-order chi connectivity index (χ1) is 13.0. The van der Waals surface area contributed by atoms with Gasteiger partial charge in [0.2, 0.25) is 11.8 Å². The lowest BCUT2D eigenvalue weighted by Crippen LogP contribution is -2.49. The topological polar surface area (TPSA) is 61.7 Å². The Labute approximate surface area is 161 Å². The third kappa shape index (κ3) is 3.37. The van der Waals surface area contributed by atoms with Gasteiger partial charge in [-0.05, 0) is 32.8 Å². The number of carbonyl (C=O) groups excluding carboxylic acids is 2. The predicted molar refractivity (Wildman–Crippen MR) is 102 cm³/mol. The normalized spacial score (nSPS) is 28.3. The molecule has 0 aliphatic carbocycles. The van der Waals surface area contributed by atoms with Crippen LogP contribution in [0.2, 0.25) is 0 Å². The molecule has 3 saturated heterocycles. The fourth-order valence-corrected chi connectivity index (χ4v) is 5.03. The van der Waals surface area contributed by atoms with Crippen LogP contribution in [0, 0.1) is 11.3 Å². The van der Waals surface area contributed by atoms with Crippen LogP contribution in [0.15, 0.2) is 18.5 Å². The Morgan fingerprint density at radius 3 is 2.59 bits per heavy atom. The van der Waals surface area contributed by atoms with Crippen molar-refractivity contribution in [3.63, 3.8) is 0 Å². The molecule has 0 unspecified atom stereocenters. The van der Waals surface area contributed by atoms with Crippen LogP contribution >= 0.6 is 0 Å². The van der Waals surface area contributed by atoms with Crippen molar-refractivity contribution in [1.82, 2.24) is 24.5 Å². The van der Waals surface area contributed by atoms with Crippen molar-refractivity contribution in [2.45, 2.75) is 45.7 Å². The molecule has 4 heterocycles. The first-order valence-electron chi connectivity index (χ1n) is 10.3. The molecule has 0 radical (unpaired) electrons. The number of nitrogens with zero attached hydrogens (tertiary/aromatic N) is 5. The first-order valence-corrected chi connectivity index (χ1v) is 10.3. The molecule has 0 N–H and O–H groups in total. The molecule has 7 heteroatoms. The highest BCUT2D eigenvalue weighted by atomic mass is 16.2. The molecule has 2 amide bonds. The van der Waals surface area contributed by atoms with E-state index in [1.54, 1.807) is 10.9 Å². The standard InChI is InChI=1S/C20H31N5O2/c1-16(2)23-12-17-13-24(18(26)6-11-25-10-5-7-21-25)15-20(17,14-23)19(27)22-8-3-4-9-22/h5,7,10,16-17H,3-4,6,8-9,11-15H2,1-2H3/t17-,20-/m0/s1. The van der Waals surface area contributed by atoms with Gasteiger partial charge in [-0.1, -0.05) is 0 Å². The maximum atomic E-state index is 13.5. The van der Waals surface area contributed by atoms with Gasteiger partial charge in [-0.2, -0.15) is 5.10 Å². The summed E-state index contributed by atoms with van der Waals surface area (Å²) in [6.07, 6.45) is 6.26. The Kier molecular flexibility index (Phi) is 4.97. The molecule has 3 aliphatic rings. The smallest absolute Gasteiger partial charge is 0.232 e. The first kappa shape index (κ1) is 18.5. The van der Waals surface area contributed by atoms with Crippen LogP contribution < -0.4 is 0 Å². The van der Waals surface area contributed by atoms with Gasteiger partial charge in [0.25, 0.3) is 0 Å². The van der Waals surface area contributed by atoms with E-state index in [1.165, 1.54) is 0 Å². The average Bonchev–Trinajstić information content (AvgIpc) is 3.42. The van der Waals surface area contributed by atoms with E-state index < -0.39 is 5.41 Å². The van der Waals surface area contributed by atoms with Crippen molar-refractivity contribution in [2.24, 2.45) is 11.3 Å². The summed E-state index contributed by atoms with van der Waals surface area (Å²) < 4.78 is 1.79. The number of rotatable bonds is 5. The molecule has 0 aromatic carbocycles. The summed E-state index contributed by atoms with van der Waals surface area (Å²) in [6, 6.07) is 2.30. The summed E-state index contributed by atoms with van der Waals surface area (Å²) in [4.78, 5) is 32.7. The second-order valence-corrected chi connectivity index (χ2v) is 8.67. The maximum Gasteiger partial charge on any atom is 0.232 e. The highest BCUT2D eigenvalue weighted by Gasteiger charge is 2.59. The van der Waals surface area contributed by atoms with E-state index in [0.717, 1.165) is 39.0 Å². The molecule has 0 saturated carbocycles. The van der Waals surface area contributed by atoms with Crippen molar-refractivity contribution in [2.75, 3.05) is 39.3 Å². The number of aromatic nitrogens is 2. The molecular weight excluding hydrogens is 342 g/mol. The minimum atomic E-state index is -0.407. The van der Waals surface area contributed by atoms with Crippen molar-refractivity contribution >= 4 is 11.8 Å². The third-order valence-corrected chi connectivity index (χ3v) is 6.65. The zero-order valence-electron chi connectivity index (χ0n) is 16.5. The fraction of sp³-hybridized carbons (Fsp3) is 0.750. The zero-order chi connectivity index (χ0) is 19.0. The Morgan fingerprint density at radius 2 is 1.93 bits per heavy atom. The number of hydrogen-bond acceptors (Lipinski definition) is 4. The summed E-state index contributed by atoms with van der Waals surface area (Å²) in [7, 11) is 0. The van der Waals surface area contributed by atoms with Crippen molar-refractivity contribution < 1.29 is 9.59 Å². The Balaban J connectivity index is 1.47. The summed E-state index contributed by atoms with van der Waals surface area (Å²) in [5, 5.41) is 4.17. The number of amides is 2. The van der Waals surface area contributed by atoms with Crippen LogP contribution in [0.1, 0.15) is 33.1 Å². The van der Waals surface area contributed by atoms with E-state index in [4.69, 9.17) is 0 Å². The molecule has 0 spiro atoms. The van der Waals surface area contributed by atoms with Gasteiger partial charge >= 0.3 is 0 Å². The lowest BCUT2D eigenvalue weighted by molar-refractivity contribution is -0.141. The van der Waals surface area contributed by atoms with Gasteiger partial charge in [0.05, 0.1) is 5.41 Å². The van der Waals surface area contributed by atoms with E-state index in [0.29, 0.717) is 32.1 Å². The second-order valence-electron chi connectivity index (χ2n) is 8.67. The van der Waals surface area contributed by atoms with Crippen LogP contribution in [0.5, 0.6) is 0 Å². The van der Waals surface area contributed by atoms with Gasteiger partial charge in [0, 0.05) is 76.6 Å². The van der Waals surface area contributed by atoms with E-state index in [-0.39, 0.29) is 17.7 Å². The monoisotopic (exact) mass is 373 g/mol. The highest BCUT2D eigenvalue weighted by Crippen LogP contribution is 2.45. The van der Waals surface area contributed by atoms with Crippen molar-refractivity contribution in [3.05, 3.63) is 18.5 Å². The molecule has 1 aromatic rings. The summed E-state index contributed by atoms with van der Waals surface area (Å²) in [5.41, 5.74) is -0.407.